The highest BCUT2D eigenvalue weighted by Gasteiger charge is 2.12. The first kappa shape index (κ1) is 12.7. The summed E-state index contributed by atoms with van der Waals surface area (Å²) < 4.78 is 10.7. The maximum absolute atomic E-state index is 9.87. The van der Waals surface area contributed by atoms with Crippen molar-refractivity contribution >= 4 is 23.1 Å². The van der Waals surface area contributed by atoms with E-state index in [2.05, 4.69) is 4.98 Å². The molecular formula is C18H13NO3. The normalized spacial score (nSPS) is 13.1. The number of fused-ring (bicyclic) bond motifs is 2. The van der Waals surface area contributed by atoms with Crippen LogP contribution >= 0.6 is 0 Å². The van der Waals surface area contributed by atoms with E-state index in [9.17, 15) is 5.11 Å². The van der Waals surface area contributed by atoms with Crippen LogP contribution in [0.3, 0.4) is 0 Å². The SMILES string of the molecule is Oc1cccc2ccc(/C=C/c3ccc4c(c3)OCO4)nc12. The minimum atomic E-state index is 0.191. The minimum absolute atomic E-state index is 0.191. The van der Waals surface area contributed by atoms with Gasteiger partial charge in [-0.3, -0.25) is 0 Å². The lowest BCUT2D eigenvalue weighted by Gasteiger charge is -2.01. The monoisotopic (exact) mass is 291 g/mol. The number of rotatable bonds is 2. The molecule has 22 heavy (non-hydrogen) atoms. The van der Waals surface area contributed by atoms with Gasteiger partial charge in [0, 0.05) is 5.39 Å². The van der Waals surface area contributed by atoms with E-state index in [4.69, 9.17) is 9.47 Å². The Hall–Kier alpha value is -3.01. The van der Waals surface area contributed by atoms with Gasteiger partial charge in [-0.1, -0.05) is 30.3 Å². The second kappa shape index (κ2) is 5.07. The molecule has 1 aromatic heterocycles. The summed E-state index contributed by atoms with van der Waals surface area (Å²) in [6, 6.07) is 15.0. The van der Waals surface area contributed by atoms with Crippen LogP contribution in [-0.4, -0.2) is 16.9 Å². The van der Waals surface area contributed by atoms with Crippen molar-refractivity contribution in [3.63, 3.8) is 0 Å². The fourth-order valence-corrected chi connectivity index (χ4v) is 2.44. The zero-order valence-corrected chi connectivity index (χ0v) is 11.7. The zero-order valence-electron chi connectivity index (χ0n) is 11.7. The van der Waals surface area contributed by atoms with Crippen LogP contribution in [0.15, 0.2) is 48.5 Å². The summed E-state index contributed by atoms with van der Waals surface area (Å²) in [7, 11) is 0. The third-order valence-corrected chi connectivity index (χ3v) is 3.56. The van der Waals surface area contributed by atoms with Crippen molar-refractivity contribution in [1.29, 1.82) is 0 Å². The summed E-state index contributed by atoms with van der Waals surface area (Å²) in [4.78, 5) is 4.47. The quantitative estimate of drug-likeness (QED) is 0.779. The average molecular weight is 291 g/mol. The molecule has 4 rings (SSSR count). The second-order valence-corrected chi connectivity index (χ2v) is 5.03. The highest BCUT2D eigenvalue weighted by molar-refractivity contribution is 5.85. The zero-order chi connectivity index (χ0) is 14.9. The van der Waals surface area contributed by atoms with E-state index < -0.39 is 0 Å². The number of benzene rings is 2. The Balaban J connectivity index is 1.66. The molecule has 0 saturated carbocycles. The maximum atomic E-state index is 9.87. The van der Waals surface area contributed by atoms with Crippen LogP contribution in [0, 0.1) is 0 Å². The van der Waals surface area contributed by atoms with E-state index >= 15 is 0 Å². The molecule has 0 aliphatic carbocycles. The van der Waals surface area contributed by atoms with Gasteiger partial charge in [0.2, 0.25) is 6.79 Å². The molecule has 0 spiro atoms. The molecule has 0 radical (unpaired) electrons. The van der Waals surface area contributed by atoms with Gasteiger partial charge in [0.1, 0.15) is 11.3 Å². The lowest BCUT2D eigenvalue weighted by atomic mass is 10.1. The summed E-state index contributed by atoms with van der Waals surface area (Å²) in [5.41, 5.74) is 2.39. The fourth-order valence-electron chi connectivity index (χ4n) is 2.44. The summed E-state index contributed by atoms with van der Waals surface area (Å²) in [6.45, 7) is 0.272. The number of nitrogens with zero attached hydrogens (tertiary/aromatic N) is 1. The number of hydrogen-bond donors (Lipinski definition) is 1. The Labute approximate surface area is 127 Å². The van der Waals surface area contributed by atoms with Crippen molar-refractivity contribution in [2.45, 2.75) is 0 Å². The van der Waals surface area contributed by atoms with Crippen LogP contribution in [0.5, 0.6) is 17.2 Å². The number of phenols is 1. The first-order valence-corrected chi connectivity index (χ1v) is 6.96. The van der Waals surface area contributed by atoms with E-state index in [0.717, 1.165) is 28.1 Å². The topological polar surface area (TPSA) is 51.6 Å². The van der Waals surface area contributed by atoms with E-state index in [1.54, 1.807) is 6.07 Å². The summed E-state index contributed by atoms with van der Waals surface area (Å²) in [5.74, 6) is 1.72. The molecule has 1 N–H and O–H groups in total. The highest BCUT2D eigenvalue weighted by Crippen LogP contribution is 2.33. The molecule has 0 bridgehead atoms. The molecule has 0 atom stereocenters. The molecule has 0 unspecified atom stereocenters. The molecule has 1 aliphatic rings. The Morgan fingerprint density at radius 3 is 2.82 bits per heavy atom. The number of aromatic hydroxyl groups is 1. The number of phenolic OH excluding ortho intramolecular Hbond substituents is 1. The van der Waals surface area contributed by atoms with Gasteiger partial charge >= 0.3 is 0 Å². The Kier molecular flexibility index (Phi) is 2.93. The molecule has 108 valence electrons. The summed E-state index contributed by atoms with van der Waals surface area (Å²) >= 11 is 0. The minimum Gasteiger partial charge on any atom is -0.506 e. The van der Waals surface area contributed by atoms with Gasteiger partial charge in [-0.05, 0) is 35.9 Å². The third-order valence-electron chi connectivity index (χ3n) is 3.56. The molecule has 2 aromatic carbocycles. The van der Waals surface area contributed by atoms with Gasteiger partial charge < -0.3 is 14.6 Å². The smallest absolute Gasteiger partial charge is 0.231 e. The number of pyridine rings is 1. The molecule has 4 heteroatoms. The Bertz CT molecular complexity index is 887. The van der Waals surface area contributed by atoms with E-state index in [1.807, 2.05) is 54.6 Å². The molecule has 0 fully saturated rings. The van der Waals surface area contributed by atoms with Crippen molar-refractivity contribution in [1.82, 2.24) is 4.98 Å². The van der Waals surface area contributed by atoms with Crippen molar-refractivity contribution in [3.8, 4) is 17.2 Å². The first-order chi connectivity index (χ1) is 10.8. The van der Waals surface area contributed by atoms with Crippen molar-refractivity contribution in [3.05, 3.63) is 59.8 Å². The largest absolute Gasteiger partial charge is 0.506 e. The van der Waals surface area contributed by atoms with Crippen molar-refractivity contribution < 1.29 is 14.6 Å². The lowest BCUT2D eigenvalue weighted by Crippen LogP contribution is -1.92. The van der Waals surface area contributed by atoms with E-state index in [-0.39, 0.29) is 12.5 Å². The standard InChI is InChI=1S/C18H13NO3/c20-15-3-1-2-13-6-8-14(19-18(13)15)7-4-12-5-9-16-17(10-12)22-11-21-16/h1-10,20H,11H2/b7-4+. The fraction of sp³-hybridized carbons (Fsp3) is 0.0556. The molecule has 0 amide bonds. The molecular weight excluding hydrogens is 278 g/mol. The number of para-hydroxylation sites is 1. The molecule has 2 heterocycles. The van der Waals surface area contributed by atoms with E-state index in [0.29, 0.717) is 5.52 Å². The van der Waals surface area contributed by atoms with Crippen LogP contribution in [-0.2, 0) is 0 Å². The van der Waals surface area contributed by atoms with E-state index in [1.165, 1.54) is 0 Å². The van der Waals surface area contributed by atoms with Gasteiger partial charge in [0.05, 0.1) is 5.69 Å². The number of hydrogen-bond acceptors (Lipinski definition) is 4. The summed E-state index contributed by atoms with van der Waals surface area (Å²) in [6.07, 6.45) is 3.86. The van der Waals surface area contributed by atoms with Crippen LogP contribution in [0.1, 0.15) is 11.3 Å². The molecule has 0 saturated heterocycles. The van der Waals surface area contributed by atoms with Crippen LogP contribution in [0.2, 0.25) is 0 Å². The lowest BCUT2D eigenvalue weighted by molar-refractivity contribution is 0.174. The van der Waals surface area contributed by atoms with Gasteiger partial charge in [-0.15, -0.1) is 0 Å². The molecule has 4 nitrogen and oxygen atoms in total. The van der Waals surface area contributed by atoms with Gasteiger partial charge in [0.15, 0.2) is 11.5 Å². The Morgan fingerprint density at radius 2 is 1.86 bits per heavy atom. The third kappa shape index (κ3) is 2.24. The highest BCUT2D eigenvalue weighted by atomic mass is 16.7. The average Bonchev–Trinajstić information content (AvgIpc) is 3.01. The predicted octanol–water partition coefficient (Wildman–Crippen LogP) is 3.84. The van der Waals surface area contributed by atoms with Crippen LogP contribution < -0.4 is 9.47 Å². The number of aromatic nitrogens is 1. The van der Waals surface area contributed by atoms with Gasteiger partial charge in [-0.2, -0.15) is 0 Å². The second-order valence-electron chi connectivity index (χ2n) is 5.03. The van der Waals surface area contributed by atoms with Crippen molar-refractivity contribution in [2.75, 3.05) is 6.79 Å². The number of ether oxygens (including phenoxy) is 2. The summed E-state index contributed by atoms with van der Waals surface area (Å²) in [5, 5.41) is 10.8. The van der Waals surface area contributed by atoms with Gasteiger partial charge in [-0.25, -0.2) is 4.98 Å². The predicted molar refractivity (Wildman–Crippen MR) is 84.9 cm³/mol. The van der Waals surface area contributed by atoms with Crippen LogP contribution in [0.25, 0.3) is 23.1 Å². The maximum Gasteiger partial charge on any atom is 0.231 e. The molecule has 3 aromatic rings. The van der Waals surface area contributed by atoms with Gasteiger partial charge in [0.25, 0.3) is 0 Å². The Morgan fingerprint density at radius 1 is 0.955 bits per heavy atom. The molecule has 1 aliphatic heterocycles. The van der Waals surface area contributed by atoms with Crippen molar-refractivity contribution in [2.24, 2.45) is 0 Å². The first-order valence-electron chi connectivity index (χ1n) is 6.96. The van der Waals surface area contributed by atoms with Crippen LogP contribution in [0.4, 0.5) is 0 Å².